The van der Waals surface area contributed by atoms with Crippen molar-refractivity contribution in [2.24, 2.45) is 7.05 Å². The Balaban J connectivity index is 1.92. The third kappa shape index (κ3) is 2.62. The first kappa shape index (κ1) is 14.4. The normalized spacial score (nSPS) is 11.5. The fourth-order valence-corrected chi connectivity index (χ4v) is 3.23. The molecule has 0 atom stereocenters. The van der Waals surface area contributed by atoms with Gasteiger partial charge in [-0.2, -0.15) is 0 Å². The first-order valence-electron chi connectivity index (χ1n) is 6.57. The van der Waals surface area contributed by atoms with Crippen molar-refractivity contribution in [2.45, 2.75) is 4.90 Å². The number of rotatable bonds is 4. The Bertz CT molecular complexity index is 915. The third-order valence-corrected chi connectivity index (χ3v) is 4.73. The van der Waals surface area contributed by atoms with Crippen LogP contribution in [-0.2, 0) is 17.1 Å². The van der Waals surface area contributed by atoms with E-state index in [1.807, 2.05) is 11.6 Å². The lowest BCUT2D eigenvalue weighted by molar-refractivity contribution is 0.415. The summed E-state index contributed by atoms with van der Waals surface area (Å²) >= 11 is 0. The van der Waals surface area contributed by atoms with E-state index in [1.165, 1.54) is 0 Å². The van der Waals surface area contributed by atoms with Crippen LogP contribution in [0.1, 0.15) is 0 Å². The molecule has 0 bridgehead atoms. The molecule has 1 heterocycles. The minimum absolute atomic E-state index is 0.175. The molecule has 0 aliphatic heterocycles. The molecule has 0 unspecified atom stereocenters. The minimum Gasteiger partial charge on any atom is -0.497 e. The molecule has 0 amide bonds. The summed E-state index contributed by atoms with van der Waals surface area (Å²) in [5, 5.41) is 0. The van der Waals surface area contributed by atoms with Crippen molar-refractivity contribution in [1.29, 1.82) is 0 Å². The topological polar surface area (TPSA) is 73.2 Å². The standard InChI is InChI=1S/C15H15N3O3S/c1-18-10-16-14-9-13(7-8-15(14)18)22(19,20)17-11-3-5-12(21-2)6-4-11/h3-10,17H,1-2H3. The van der Waals surface area contributed by atoms with Crippen LogP contribution in [-0.4, -0.2) is 25.1 Å². The Hall–Kier alpha value is -2.54. The van der Waals surface area contributed by atoms with Crippen LogP contribution in [0.5, 0.6) is 5.75 Å². The molecule has 0 saturated carbocycles. The van der Waals surface area contributed by atoms with E-state index in [0.717, 1.165) is 5.52 Å². The molecule has 1 aromatic heterocycles. The van der Waals surface area contributed by atoms with Crippen LogP contribution >= 0.6 is 0 Å². The number of benzene rings is 2. The van der Waals surface area contributed by atoms with Gasteiger partial charge in [-0.05, 0) is 42.5 Å². The number of aryl methyl sites for hydroxylation is 1. The molecular weight excluding hydrogens is 302 g/mol. The zero-order chi connectivity index (χ0) is 15.7. The maximum absolute atomic E-state index is 12.4. The van der Waals surface area contributed by atoms with E-state index in [4.69, 9.17) is 4.74 Å². The molecular formula is C15H15N3O3S. The smallest absolute Gasteiger partial charge is 0.261 e. The maximum Gasteiger partial charge on any atom is 0.261 e. The number of fused-ring (bicyclic) bond motifs is 1. The second-order valence-electron chi connectivity index (χ2n) is 4.84. The van der Waals surface area contributed by atoms with Gasteiger partial charge in [0.2, 0.25) is 0 Å². The van der Waals surface area contributed by atoms with Gasteiger partial charge in [0, 0.05) is 12.7 Å². The van der Waals surface area contributed by atoms with Crippen molar-refractivity contribution in [1.82, 2.24) is 9.55 Å². The van der Waals surface area contributed by atoms with Gasteiger partial charge in [0.15, 0.2) is 0 Å². The van der Waals surface area contributed by atoms with E-state index in [0.29, 0.717) is 17.0 Å². The number of sulfonamides is 1. The summed E-state index contributed by atoms with van der Waals surface area (Å²) in [6.07, 6.45) is 1.65. The van der Waals surface area contributed by atoms with E-state index in [2.05, 4.69) is 9.71 Å². The Kier molecular flexibility index (Phi) is 3.50. The van der Waals surface area contributed by atoms with Crippen LogP contribution in [0.25, 0.3) is 11.0 Å². The molecule has 114 valence electrons. The van der Waals surface area contributed by atoms with Crippen molar-refractivity contribution in [3.8, 4) is 5.75 Å². The quantitative estimate of drug-likeness (QED) is 0.802. The highest BCUT2D eigenvalue weighted by molar-refractivity contribution is 7.92. The van der Waals surface area contributed by atoms with Crippen LogP contribution in [0.3, 0.4) is 0 Å². The van der Waals surface area contributed by atoms with Gasteiger partial charge in [-0.25, -0.2) is 13.4 Å². The molecule has 0 fully saturated rings. The van der Waals surface area contributed by atoms with Crippen molar-refractivity contribution in [3.63, 3.8) is 0 Å². The number of aromatic nitrogens is 2. The zero-order valence-corrected chi connectivity index (χ0v) is 13.0. The van der Waals surface area contributed by atoms with Gasteiger partial charge in [-0.3, -0.25) is 4.72 Å². The second kappa shape index (κ2) is 5.34. The number of nitrogens with zero attached hydrogens (tertiary/aromatic N) is 2. The Morgan fingerprint density at radius 3 is 2.55 bits per heavy atom. The number of nitrogens with one attached hydrogen (secondary N) is 1. The Labute approximate surface area is 128 Å². The SMILES string of the molecule is COc1ccc(NS(=O)(=O)c2ccc3c(c2)ncn3C)cc1. The van der Waals surface area contributed by atoms with E-state index >= 15 is 0 Å². The number of anilines is 1. The third-order valence-electron chi connectivity index (χ3n) is 3.35. The van der Waals surface area contributed by atoms with Crippen molar-refractivity contribution in [2.75, 3.05) is 11.8 Å². The van der Waals surface area contributed by atoms with Crippen LogP contribution in [0, 0.1) is 0 Å². The molecule has 1 N–H and O–H groups in total. The summed E-state index contributed by atoms with van der Waals surface area (Å²) in [4.78, 5) is 4.35. The summed E-state index contributed by atoms with van der Waals surface area (Å²) in [5.74, 6) is 0.665. The van der Waals surface area contributed by atoms with Gasteiger partial charge in [0.1, 0.15) is 5.75 Å². The second-order valence-corrected chi connectivity index (χ2v) is 6.52. The molecule has 0 saturated heterocycles. The predicted molar refractivity (Wildman–Crippen MR) is 84.5 cm³/mol. The average molecular weight is 317 g/mol. The lowest BCUT2D eigenvalue weighted by Crippen LogP contribution is -2.12. The molecule has 0 radical (unpaired) electrons. The molecule has 3 aromatic rings. The first-order valence-corrected chi connectivity index (χ1v) is 8.06. The summed E-state index contributed by atoms with van der Waals surface area (Å²) < 4.78 is 34.3. The minimum atomic E-state index is -3.66. The lowest BCUT2D eigenvalue weighted by atomic mass is 10.3. The zero-order valence-electron chi connectivity index (χ0n) is 12.1. The van der Waals surface area contributed by atoms with E-state index in [1.54, 1.807) is 55.9 Å². The predicted octanol–water partition coefficient (Wildman–Crippen LogP) is 2.38. The molecule has 7 heteroatoms. The number of ether oxygens (including phenoxy) is 1. The summed E-state index contributed by atoms with van der Waals surface area (Å²) in [5.41, 5.74) is 1.99. The molecule has 0 spiro atoms. The number of hydrogen-bond donors (Lipinski definition) is 1. The van der Waals surface area contributed by atoms with Crippen molar-refractivity contribution in [3.05, 3.63) is 48.8 Å². The fraction of sp³-hybridized carbons (Fsp3) is 0.133. The first-order chi connectivity index (χ1) is 10.5. The van der Waals surface area contributed by atoms with Crippen LogP contribution in [0.15, 0.2) is 53.7 Å². The highest BCUT2D eigenvalue weighted by atomic mass is 32.2. The van der Waals surface area contributed by atoms with Gasteiger partial charge < -0.3 is 9.30 Å². The van der Waals surface area contributed by atoms with E-state index in [-0.39, 0.29) is 4.90 Å². The molecule has 2 aromatic carbocycles. The molecule has 0 aliphatic carbocycles. The van der Waals surface area contributed by atoms with Gasteiger partial charge in [-0.1, -0.05) is 0 Å². The van der Waals surface area contributed by atoms with Crippen molar-refractivity contribution < 1.29 is 13.2 Å². The average Bonchev–Trinajstić information content (AvgIpc) is 2.89. The summed E-state index contributed by atoms with van der Waals surface area (Å²) in [6.45, 7) is 0. The fourth-order valence-electron chi connectivity index (χ4n) is 2.16. The summed E-state index contributed by atoms with van der Waals surface area (Å²) in [7, 11) is -0.238. The Morgan fingerprint density at radius 2 is 1.86 bits per heavy atom. The molecule has 0 aliphatic rings. The largest absolute Gasteiger partial charge is 0.497 e. The highest BCUT2D eigenvalue weighted by Gasteiger charge is 2.15. The molecule has 6 nitrogen and oxygen atoms in total. The number of imidazole rings is 1. The maximum atomic E-state index is 12.4. The highest BCUT2D eigenvalue weighted by Crippen LogP contribution is 2.21. The van der Waals surface area contributed by atoms with Gasteiger partial charge >= 0.3 is 0 Å². The molecule has 22 heavy (non-hydrogen) atoms. The number of methoxy groups -OCH3 is 1. The van der Waals surface area contributed by atoms with E-state index in [9.17, 15) is 8.42 Å². The van der Waals surface area contributed by atoms with Crippen molar-refractivity contribution >= 4 is 26.7 Å². The van der Waals surface area contributed by atoms with E-state index < -0.39 is 10.0 Å². The van der Waals surface area contributed by atoms with Crippen LogP contribution in [0.4, 0.5) is 5.69 Å². The van der Waals surface area contributed by atoms with Gasteiger partial charge in [-0.15, -0.1) is 0 Å². The van der Waals surface area contributed by atoms with Crippen LogP contribution < -0.4 is 9.46 Å². The monoisotopic (exact) mass is 317 g/mol. The number of hydrogen-bond acceptors (Lipinski definition) is 4. The lowest BCUT2D eigenvalue weighted by Gasteiger charge is -2.09. The van der Waals surface area contributed by atoms with Gasteiger partial charge in [0.25, 0.3) is 10.0 Å². The summed E-state index contributed by atoms with van der Waals surface area (Å²) in [6, 6.07) is 11.5. The Morgan fingerprint density at radius 1 is 1.14 bits per heavy atom. The van der Waals surface area contributed by atoms with Gasteiger partial charge in [0.05, 0.1) is 29.4 Å². The molecule has 3 rings (SSSR count). The van der Waals surface area contributed by atoms with Crippen LogP contribution in [0.2, 0.25) is 0 Å².